The summed E-state index contributed by atoms with van der Waals surface area (Å²) in [5.74, 6) is 0.0703. The second-order valence-electron chi connectivity index (χ2n) is 3.41. The predicted octanol–water partition coefficient (Wildman–Crippen LogP) is -0.704. The largest absolute Gasteiger partial charge is 1.00 e. The Hall–Kier alpha value is -0.713. The molecule has 3 heteroatoms. The summed E-state index contributed by atoms with van der Waals surface area (Å²) >= 11 is 0. The molecule has 0 N–H and O–H groups in total. The molecule has 0 aliphatic carbocycles. The molecule has 2 nitrogen and oxygen atoms in total. The van der Waals surface area contributed by atoms with E-state index in [1.165, 1.54) is 5.56 Å². The van der Waals surface area contributed by atoms with Crippen molar-refractivity contribution in [3.05, 3.63) is 41.2 Å². The van der Waals surface area contributed by atoms with Crippen molar-refractivity contribution < 1.29 is 23.7 Å². The average molecular weight is 181 g/mol. The van der Waals surface area contributed by atoms with Crippen LogP contribution >= 0.6 is 0 Å². The number of hydrogen-bond acceptors (Lipinski definition) is 1. The second-order valence-corrected chi connectivity index (χ2v) is 3.41. The minimum Gasteiger partial charge on any atom is -0.650 e. The summed E-state index contributed by atoms with van der Waals surface area (Å²) in [5.41, 5.74) is 1.27. The quantitative estimate of drug-likeness (QED) is 0.555. The van der Waals surface area contributed by atoms with Gasteiger partial charge in [0, 0.05) is 0 Å². The zero-order valence-electron chi connectivity index (χ0n) is 8.44. The molecule has 0 unspecified atom stereocenters. The van der Waals surface area contributed by atoms with E-state index in [4.69, 9.17) is 0 Å². The van der Waals surface area contributed by atoms with Crippen molar-refractivity contribution in [1.29, 1.82) is 0 Å². The van der Waals surface area contributed by atoms with Gasteiger partial charge in [-0.2, -0.15) is 0 Å². The number of benzene rings is 1. The summed E-state index contributed by atoms with van der Waals surface area (Å²) in [4.78, 5) is 10.9. The van der Waals surface area contributed by atoms with Gasteiger partial charge in [0.2, 0.25) is 0 Å². The Morgan fingerprint density at radius 3 is 2.57 bits per heavy atom. The van der Waals surface area contributed by atoms with Crippen LogP contribution in [0.4, 0.5) is 0 Å². The topological polar surface area (TPSA) is 31.2 Å². The van der Waals surface area contributed by atoms with E-state index in [0.717, 1.165) is 12.8 Å². The molecule has 2 rings (SSSR count). The summed E-state index contributed by atoms with van der Waals surface area (Å²) < 4.78 is 0. The first kappa shape index (κ1) is 11.4. The summed E-state index contributed by atoms with van der Waals surface area (Å²) in [6.07, 6.45) is 2.47. The molecular weight excluding hydrogens is 169 g/mol. The number of nitrogens with zero attached hydrogens (tertiary/aromatic N) is 1. The van der Waals surface area contributed by atoms with Gasteiger partial charge in [0.25, 0.3) is 0 Å². The molecule has 0 aromatic heterocycles. The number of hydrogen-bond donors (Lipinski definition) is 0. The van der Waals surface area contributed by atoms with Crippen molar-refractivity contribution in [3.8, 4) is 0 Å². The fourth-order valence-electron chi connectivity index (χ4n) is 1.66. The Balaban J connectivity index is 0.000000980. The van der Waals surface area contributed by atoms with E-state index in [-0.39, 0.29) is 30.8 Å². The molecule has 1 aromatic carbocycles. The monoisotopic (exact) mass is 181 g/mol. The van der Waals surface area contributed by atoms with Crippen LogP contribution in [-0.2, 0) is 11.2 Å². The maximum atomic E-state index is 10.9. The predicted molar refractivity (Wildman–Crippen MR) is 51.5 cm³/mol. The maximum absolute atomic E-state index is 10.9. The van der Waals surface area contributed by atoms with Gasteiger partial charge in [-0.25, -0.2) is 0 Å². The van der Waals surface area contributed by atoms with Crippen LogP contribution in [0.5, 0.6) is 0 Å². The number of rotatable bonds is 2. The van der Waals surface area contributed by atoms with Gasteiger partial charge in [-0.15, -0.1) is 6.04 Å². The van der Waals surface area contributed by atoms with Crippen LogP contribution in [0.1, 0.15) is 18.4 Å². The van der Waals surface area contributed by atoms with Crippen LogP contribution in [0, 0.1) is 0 Å². The zero-order chi connectivity index (χ0) is 9.10. The fourth-order valence-corrected chi connectivity index (χ4v) is 1.66. The first-order valence-corrected chi connectivity index (χ1v) is 4.62. The van der Waals surface area contributed by atoms with Crippen LogP contribution in [0.15, 0.2) is 30.3 Å². The zero-order valence-corrected chi connectivity index (χ0v) is 8.44. The molecule has 1 atom stereocenters. The van der Waals surface area contributed by atoms with Gasteiger partial charge >= 0.3 is 18.9 Å². The van der Waals surface area contributed by atoms with E-state index in [1.807, 2.05) is 18.2 Å². The van der Waals surface area contributed by atoms with Gasteiger partial charge < -0.3 is 10.1 Å². The molecule has 0 bridgehead atoms. The normalized spacial score (nSPS) is 20.0. The molecule has 0 radical (unpaired) electrons. The van der Waals surface area contributed by atoms with Crippen LogP contribution in [-0.4, -0.2) is 11.9 Å². The second kappa shape index (κ2) is 5.24. The smallest absolute Gasteiger partial charge is 0.650 e. The SMILES string of the molecule is O=C1CC[C@H](Cc2ccccc2)[N-]1.[Li+]. The van der Waals surface area contributed by atoms with Crippen molar-refractivity contribution in [2.75, 3.05) is 0 Å². The Bertz CT molecular complexity index is 299. The third-order valence-electron chi connectivity index (χ3n) is 2.33. The molecular formula is C11H12LiNO. The van der Waals surface area contributed by atoms with Crippen LogP contribution in [0.3, 0.4) is 0 Å². The molecule has 1 saturated heterocycles. The average Bonchev–Trinajstić information content (AvgIpc) is 2.53. The molecule has 1 heterocycles. The molecule has 0 saturated carbocycles. The van der Waals surface area contributed by atoms with Crippen molar-refractivity contribution in [2.24, 2.45) is 0 Å². The van der Waals surface area contributed by atoms with Gasteiger partial charge in [-0.3, -0.25) is 0 Å². The van der Waals surface area contributed by atoms with Crippen molar-refractivity contribution in [1.82, 2.24) is 0 Å². The number of carbonyl (C=O) groups is 1. The molecule has 68 valence electrons. The Morgan fingerprint density at radius 2 is 2.00 bits per heavy atom. The van der Waals surface area contributed by atoms with Crippen molar-refractivity contribution in [2.45, 2.75) is 25.3 Å². The van der Waals surface area contributed by atoms with E-state index in [1.54, 1.807) is 0 Å². The summed E-state index contributed by atoms with van der Waals surface area (Å²) in [6.45, 7) is 0. The number of amides is 1. The molecule has 1 aliphatic heterocycles. The van der Waals surface area contributed by atoms with E-state index in [9.17, 15) is 4.79 Å². The number of carbonyl (C=O) groups excluding carboxylic acids is 1. The van der Waals surface area contributed by atoms with Gasteiger partial charge in [-0.1, -0.05) is 36.8 Å². The molecule has 1 fully saturated rings. The van der Waals surface area contributed by atoms with E-state index >= 15 is 0 Å². The summed E-state index contributed by atoms with van der Waals surface area (Å²) in [7, 11) is 0. The molecule has 0 spiro atoms. The molecule has 1 amide bonds. The summed E-state index contributed by atoms with van der Waals surface area (Å²) in [6, 6.07) is 10.4. The summed E-state index contributed by atoms with van der Waals surface area (Å²) in [5, 5.41) is 4.04. The Kier molecular flexibility index (Phi) is 4.25. The van der Waals surface area contributed by atoms with Gasteiger partial charge in [0.15, 0.2) is 0 Å². The first-order valence-electron chi connectivity index (χ1n) is 4.62. The molecule has 1 aromatic rings. The van der Waals surface area contributed by atoms with Crippen molar-refractivity contribution in [3.63, 3.8) is 0 Å². The Labute approximate surface area is 96.3 Å². The standard InChI is InChI=1S/C11H13NO.Li/c13-11-7-6-10(12-11)8-9-4-2-1-3-5-9;/h1-5,10H,6-8H2,(H,12,13);/q;+1/p-1/t10-;/m1./s1. The maximum Gasteiger partial charge on any atom is 1.00 e. The van der Waals surface area contributed by atoms with Gasteiger partial charge in [0.05, 0.1) is 5.91 Å². The molecule has 1 aliphatic rings. The van der Waals surface area contributed by atoms with Crippen LogP contribution in [0.25, 0.3) is 5.32 Å². The van der Waals surface area contributed by atoms with Crippen LogP contribution in [0.2, 0.25) is 0 Å². The first-order chi connectivity index (χ1) is 6.34. The minimum atomic E-state index is 0. The van der Waals surface area contributed by atoms with E-state index in [2.05, 4.69) is 17.4 Å². The van der Waals surface area contributed by atoms with E-state index in [0.29, 0.717) is 6.42 Å². The minimum absolute atomic E-state index is 0. The van der Waals surface area contributed by atoms with E-state index < -0.39 is 0 Å². The third kappa shape index (κ3) is 2.90. The third-order valence-corrected chi connectivity index (χ3v) is 2.33. The fraction of sp³-hybridized carbons (Fsp3) is 0.364. The van der Waals surface area contributed by atoms with Crippen molar-refractivity contribution >= 4 is 5.91 Å². The van der Waals surface area contributed by atoms with Crippen LogP contribution < -0.4 is 18.9 Å². The van der Waals surface area contributed by atoms with Gasteiger partial charge in [-0.05, 0) is 18.4 Å². The molecule has 14 heavy (non-hydrogen) atoms. The Morgan fingerprint density at radius 1 is 1.29 bits per heavy atom. The van der Waals surface area contributed by atoms with Gasteiger partial charge in [0.1, 0.15) is 0 Å².